The van der Waals surface area contributed by atoms with Crippen molar-refractivity contribution < 1.29 is 14.7 Å². The van der Waals surface area contributed by atoms with Crippen LogP contribution < -0.4 is 10.2 Å². The number of amides is 1. The lowest BCUT2D eigenvalue weighted by atomic mass is 10.1. The van der Waals surface area contributed by atoms with Crippen molar-refractivity contribution in [3.63, 3.8) is 0 Å². The molecule has 0 radical (unpaired) electrons. The highest BCUT2D eigenvalue weighted by Gasteiger charge is 2.17. The number of carbonyl (C=O) groups is 2. The monoisotopic (exact) mass is 434 g/mol. The van der Waals surface area contributed by atoms with E-state index in [1.165, 1.54) is 4.57 Å². The molecule has 9 heteroatoms. The van der Waals surface area contributed by atoms with Crippen LogP contribution in [0.4, 0.5) is 11.4 Å². The van der Waals surface area contributed by atoms with Crippen molar-refractivity contribution in [1.29, 1.82) is 0 Å². The maximum absolute atomic E-state index is 12.7. The van der Waals surface area contributed by atoms with Crippen molar-refractivity contribution in [1.82, 2.24) is 9.55 Å². The molecular weight excluding hydrogens is 415 g/mol. The summed E-state index contributed by atoms with van der Waals surface area (Å²) in [6.45, 7) is 1.32. The fraction of sp³-hybridized carbons (Fsp3) is 0.250. The normalized spacial score (nSPS) is 10.9. The third-order valence-electron chi connectivity index (χ3n) is 4.55. The van der Waals surface area contributed by atoms with Crippen LogP contribution in [-0.4, -0.2) is 51.4 Å². The van der Waals surface area contributed by atoms with Gasteiger partial charge in [-0.1, -0.05) is 6.07 Å². The fourth-order valence-corrected chi connectivity index (χ4v) is 3.51. The number of hydrogen-bond donors (Lipinski definition) is 2. The van der Waals surface area contributed by atoms with Crippen LogP contribution in [0.5, 0.6) is 0 Å². The number of carboxylic acid groups (broad SMARTS) is 1. The number of alkyl halides is 2. The van der Waals surface area contributed by atoms with Gasteiger partial charge in [-0.15, -0.1) is 23.2 Å². The largest absolute Gasteiger partial charge is 0.475 e. The number of nitrogens with zero attached hydrogens (tertiary/aromatic N) is 3. The van der Waals surface area contributed by atoms with Gasteiger partial charge in [-0.3, -0.25) is 4.79 Å². The molecule has 7 nitrogen and oxygen atoms in total. The van der Waals surface area contributed by atoms with Crippen molar-refractivity contribution in [2.24, 2.45) is 7.05 Å². The molecule has 0 aliphatic carbocycles. The van der Waals surface area contributed by atoms with Crippen LogP contribution in [-0.2, 0) is 7.05 Å². The number of rotatable bonds is 8. The molecule has 1 aromatic heterocycles. The van der Waals surface area contributed by atoms with Crippen molar-refractivity contribution in [3.05, 3.63) is 53.9 Å². The van der Waals surface area contributed by atoms with Gasteiger partial charge >= 0.3 is 5.97 Å². The molecule has 0 atom stereocenters. The van der Waals surface area contributed by atoms with Crippen LogP contribution in [0.2, 0.25) is 0 Å². The smallest absolute Gasteiger partial charge is 0.372 e. The molecule has 3 rings (SSSR count). The number of aromatic carboxylic acids is 1. The Balaban J connectivity index is 1.83. The van der Waals surface area contributed by atoms with E-state index in [4.69, 9.17) is 23.2 Å². The Labute approximate surface area is 177 Å². The number of anilines is 2. The highest BCUT2D eigenvalue weighted by Crippen LogP contribution is 2.24. The van der Waals surface area contributed by atoms with E-state index in [1.807, 2.05) is 17.0 Å². The molecule has 2 aromatic carbocycles. The van der Waals surface area contributed by atoms with E-state index in [0.717, 1.165) is 5.69 Å². The van der Waals surface area contributed by atoms with E-state index < -0.39 is 5.97 Å². The van der Waals surface area contributed by atoms with E-state index in [1.54, 1.807) is 37.4 Å². The molecule has 0 bridgehead atoms. The summed E-state index contributed by atoms with van der Waals surface area (Å²) < 4.78 is 1.48. The fourth-order valence-electron chi connectivity index (χ4n) is 3.10. The maximum atomic E-state index is 12.7. The number of para-hydroxylation sites is 1. The van der Waals surface area contributed by atoms with Crippen LogP contribution in [0.3, 0.4) is 0 Å². The Bertz CT molecular complexity index is 1030. The second-order valence-electron chi connectivity index (χ2n) is 6.34. The predicted molar refractivity (Wildman–Crippen MR) is 116 cm³/mol. The zero-order valence-corrected chi connectivity index (χ0v) is 17.2. The molecule has 2 N–H and O–H groups in total. The van der Waals surface area contributed by atoms with E-state index in [0.29, 0.717) is 47.1 Å². The lowest BCUT2D eigenvalue weighted by Gasteiger charge is -2.22. The molecule has 0 aliphatic rings. The number of imidazole rings is 1. The van der Waals surface area contributed by atoms with Gasteiger partial charge in [0.1, 0.15) is 5.52 Å². The molecule has 0 saturated carbocycles. The van der Waals surface area contributed by atoms with Gasteiger partial charge in [0.05, 0.1) is 11.2 Å². The Morgan fingerprint density at radius 3 is 2.34 bits per heavy atom. The van der Waals surface area contributed by atoms with Crippen LogP contribution in [0, 0.1) is 0 Å². The number of carbonyl (C=O) groups excluding carboxylic acids is 1. The molecule has 0 saturated heterocycles. The summed E-state index contributed by atoms with van der Waals surface area (Å²) in [4.78, 5) is 30.2. The summed E-state index contributed by atoms with van der Waals surface area (Å²) >= 11 is 11.7. The maximum Gasteiger partial charge on any atom is 0.372 e. The van der Waals surface area contributed by atoms with Gasteiger partial charge in [-0.05, 0) is 36.4 Å². The van der Waals surface area contributed by atoms with Gasteiger partial charge < -0.3 is 19.9 Å². The Kier molecular flexibility index (Phi) is 6.61. The first-order chi connectivity index (χ1) is 14.0. The third-order valence-corrected chi connectivity index (χ3v) is 4.89. The minimum Gasteiger partial charge on any atom is -0.475 e. The number of carboxylic acids is 1. The first-order valence-corrected chi connectivity index (χ1v) is 10.00. The molecule has 152 valence electrons. The lowest BCUT2D eigenvalue weighted by molar-refractivity contribution is 0.0680. The Hall–Kier alpha value is -2.77. The van der Waals surface area contributed by atoms with Crippen molar-refractivity contribution >= 4 is 57.5 Å². The topological polar surface area (TPSA) is 87.5 Å². The summed E-state index contributed by atoms with van der Waals surface area (Å²) in [6, 6.07) is 12.3. The minimum absolute atomic E-state index is 0.0928. The SMILES string of the molecule is Cn1c(C(=O)O)nc2c(NC(=O)c3ccc(N(CCCl)CCCl)cc3)cccc21. The van der Waals surface area contributed by atoms with Gasteiger partial charge in [0.25, 0.3) is 5.91 Å². The molecule has 29 heavy (non-hydrogen) atoms. The van der Waals surface area contributed by atoms with Crippen molar-refractivity contribution in [2.75, 3.05) is 35.1 Å². The second-order valence-corrected chi connectivity index (χ2v) is 7.09. The summed E-state index contributed by atoms with van der Waals surface area (Å²) in [5, 5.41) is 12.1. The second kappa shape index (κ2) is 9.15. The van der Waals surface area contributed by atoms with Crippen molar-refractivity contribution in [3.8, 4) is 0 Å². The predicted octanol–water partition coefficient (Wildman–Crippen LogP) is 3.81. The number of aromatic nitrogens is 2. The zero-order chi connectivity index (χ0) is 21.0. The first kappa shape index (κ1) is 21.0. The molecule has 3 aromatic rings. The van der Waals surface area contributed by atoms with Gasteiger partial charge in [0.2, 0.25) is 5.82 Å². The number of nitrogens with one attached hydrogen (secondary N) is 1. The quantitative estimate of drug-likeness (QED) is 0.526. The molecule has 0 aliphatic heterocycles. The minimum atomic E-state index is -1.13. The average Bonchev–Trinajstić information content (AvgIpc) is 3.06. The van der Waals surface area contributed by atoms with E-state index >= 15 is 0 Å². The molecule has 0 spiro atoms. The van der Waals surface area contributed by atoms with Gasteiger partial charge in [0, 0.05) is 43.1 Å². The highest BCUT2D eigenvalue weighted by molar-refractivity contribution is 6.18. The number of benzene rings is 2. The molecule has 1 amide bonds. The van der Waals surface area contributed by atoms with Gasteiger partial charge in [0.15, 0.2) is 0 Å². The van der Waals surface area contributed by atoms with Crippen LogP contribution in [0.15, 0.2) is 42.5 Å². The number of hydrogen-bond acceptors (Lipinski definition) is 4. The molecule has 0 fully saturated rings. The van der Waals surface area contributed by atoms with Crippen molar-refractivity contribution in [2.45, 2.75) is 0 Å². The summed E-state index contributed by atoms with van der Waals surface area (Å²) in [5.74, 6) is -0.579. The van der Waals surface area contributed by atoms with E-state index in [-0.39, 0.29) is 11.7 Å². The number of halogens is 2. The summed E-state index contributed by atoms with van der Waals surface area (Å²) in [6.07, 6.45) is 0. The van der Waals surface area contributed by atoms with E-state index in [2.05, 4.69) is 10.3 Å². The first-order valence-electron chi connectivity index (χ1n) is 8.93. The summed E-state index contributed by atoms with van der Waals surface area (Å²) in [5.41, 5.74) is 2.89. The summed E-state index contributed by atoms with van der Waals surface area (Å²) in [7, 11) is 1.62. The third kappa shape index (κ3) is 4.46. The van der Waals surface area contributed by atoms with E-state index in [9.17, 15) is 14.7 Å². The zero-order valence-electron chi connectivity index (χ0n) is 15.7. The van der Waals surface area contributed by atoms with Gasteiger partial charge in [-0.25, -0.2) is 9.78 Å². The standard InChI is InChI=1S/C20H20Cl2N4O3/c1-25-16-4-2-3-15(17(16)24-18(25)20(28)29)23-19(27)13-5-7-14(8-6-13)26(11-9-21)12-10-22/h2-8H,9-12H2,1H3,(H,23,27)(H,28,29). The molecule has 1 heterocycles. The lowest BCUT2D eigenvalue weighted by Crippen LogP contribution is -2.27. The van der Waals surface area contributed by atoms with Gasteiger partial charge in [-0.2, -0.15) is 0 Å². The van der Waals surface area contributed by atoms with Crippen LogP contribution >= 0.6 is 23.2 Å². The Morgan fingerprint density at radius 1 is 1.10 bits per heavy atom. The number of fused-ring (bicyclic) bond motifs is 1. The molecular formula is C20H20Cl2N4O3. The number of aryl methyl sites for hydroxylation is 1. The average molecular weight is 435 g/mol. The van der Waals surface area contributed by atoms with Crippen LogP contribution in [0.1, 0.15) is 21.0 Å². The van der Waals surface area contributed by atoms with Crippen LogP contribution in [0.25, 0.3) is 11.0 Å². The molecule has 0 unspecified atom stereocenters. The highest BCUT2D eigenvalue weighted by atomic mass is 35.5. The Morgan fingerprint density at radius 2 is 1.76 bits per heavy atom.